The number of hydrogen-bond acceptors (Lipinski definition) is 3. The molecule has 2 aliphatic heterocycles. The molecule has 2 heterocycles. The lowest BCUT2D eigenvalue weighted by Gasteiger charge is -2.26. The van der Waals surface area contributed by atoms with Gasteiger partial charge >= 0.3 is 0 Å². The number of nitrogens with zero attached hydrogens (tertiary/aromatic N) is 1. The highest BCUT2D eigenvalue weighted by molar-refractivity contribution is 6.04. The van der Waals surface area contributed by atoms with Crippen LogP contribution in [0.25, 0.3) is 0 Å². The molecule has 0 aliphatic carbocycles. The third kappa shape index (κ3) is 3.24. The van der Waals surface area contributed by atoms with E-state index in [2.05, 4.69) is 15.5 Å². The van der Waals surface area contributed by atoms with Gasteiger partial charge in [0.1, 0.15) is 11.7 Å². The number of piperazine rings is 1. The lowest BCUT2D eigenvalue weighted by Crippen LogP contribution is -2.55. The van der Waals surface area contributed by atoms with Crippen molar-refractivity contribution in [3.05, 3.63) is 47.8 Å². The van der Waals surface area contributed by atoms with Crippen molar-refractivity contribution in [2.45, 2.75) is 25.3 Å². The fourth-order valence-electron chi connectivity index (χ4n) is 2.72. The number of rotatable bonds is 3. The van der Waals surface area contributed by atoms with Gasteiger partial charge in [-0.05, 0) is 18.4 Å². The highest BCUT2D eigenvalue weighted by atomic mass is 16.2. The van der Waals surface area contributed by atoms with Gasteiger partial charge < -0.3 is 15.5 Å². The average Bonchev–Trinajstić information content (AvgIpc) is 2.98. The Bertz CT molecular complexity index is 562. The Hall–Kier alpha value is -2.30. The predicted molar refractivity (Wildman–Crippen MR) is 79.1 cm³/mol. The lowest BCUT2D eigenvalue weighted by molar-refractivity contribution is -0.131. The standard InChI is InChI=1S/C16H19N3O2/c20-15-13(10-12-6-2-1-3-7-12)17-16(21)14(18-15)11-19-8-4-5-9-19/h1-3,6-7,11,13H,4-5,8-10H2,(H,17,21)(H,18,20)/b14-11+/t13-/m0/s1. The molecule has 0 aromatic heterocycles. The van der Waals surface area contributed by atoms with E-state index in [1.54, 1.807) is 6.20 Å². The Labute approximate surface area is 124 Å². The van der Waals surface area contributed by atoms with Gasteiger partial charge in [0.15, 0.2) is 0 Å². The molecule has 2 amide bonds. The molecule has 2 aliphatic rings. The normalized spacial score (nSPS) is 24.1. The fourth-order valence-corrected chi connectivity index (χ4v) is 2.72. The minimum atomic E-state index is -0.504. The van der Waals surface area contributed by atoms with E-state index in [-0.39, 0.29) is 11.8 Å². The summed E-state index contributed by atoms with van der Waals surface area (Å²) >= 11 is 0. The summed E-state index contributed by atoms with van der Waals surface area (Å²) in [5, 5.41) is 5.52. The molecule has 0 spiro atoms. The summed E-state index contributed by atoms with van der Waals surface area (Å²) < 4.78 is 0. The smallest absolute Gasteiger partial charge is 0.269 e. The number of carbonyl (C=O) groups excluding carboxylic acids is 2. The molecule has 5 nitrogen and oxygen atoms in total. The van der Waals surface area contributed by atoms with Crippen LogP contribution in [0, 0.1) is 0 Å². The summed E-state index contributed by atoms with van der Waals surface area (Å²) in [6.45, 7) is 1.89. The van der Waals surface area contributed by atoms with Crippen LogP contribution < -0.4 is 10.6 Å². The number of carbonyl (C=O) groups is 2. The van der Waals surface area contributed by atoms with Gasteiger partial charge in [-0.25, -0.2) is 0 Å². The lowest BCUT2D eigenvalue weighted by atomic mass is 10.0. The topological polar surface area (TPSA) is 61.4 Å². The minimum Gasteiger partial charge on any atom is -0.376 e. The van der Waals surface area contributed by atoms with Crippen LogP contribution in [0.1, 0.15) is 18.4 Å². The van der Waals surface area contributed by atoms with Crippen LogP contribution in [0.15, 0.2) is 42.2 Å². The van der Waals surface area contributed by atoms with E-state index in [0.717, 1.165) is 31.5 Å². The van der Waals surface area contributed by atoms with E-state index in [1.165, 1.54) is 0 Å². The maximum atomic E-state index is 12.1. The van der Waals surface area contributed by atoms with Crippen LogP contribution in [0.5, 0.6) is 0 Å². The molecule has 1 aromatic carbocycles. The van der Waals surface area contributed by atoms with E-state index in [4.69, 9.17) is 0 Å². The second-order valence-electron chi connectivity index (χ2n) is 5.49. The average molecular weight is 285 g/mol. The van der Waals surface area contributed by atoms with Gasteiger partial charge in [0.05, 0.1) is 0 Å². The van der Waals surface area contributed by atoms with E-state index in [1.807, 2.05) is 30.3 Å². The number of hydrogen-bond donors (Lipinski definition) is 2. The third-order valence-corrected chi connectivity index (χ3v) is 3.86. The Morgan fingerprint density at radius 1 is 1.14 bits per heavy atom. The maximum Gasteiger partial charge on any atom is 0.269 e. The summed E-state index contributed by atoms with van der Waals surface area (Å²) in [6.07, 6.45) is 4.54. The van der Waals surface area contributed by atoms with Crippen molar-refractivity contribution in [3.8, 4) is 0 Å². The van der Waals surface area contributed by atoms with Gasteiger partial charge in [-0.3, -0.25) is 9.59 Å². The van der Waals surface area contributed by atoms with E-state index < -0.39 is 6.04 Å². The first kappa shape index (κ1) is 13.7. The first-order chi connectivity index (χ1) is 10.2. The molecule has 0 radical (unpaired) electrons. The predicted octanol–water partition coefficient (Wildman–Crippen LogP) is 0.781. The molecule has 0 unspecified atom stereocenters. The number of nitrogens with one attached hydrogen (secondary N) is 2. The summed E-state index contributed by atoms with van der Waals surface area (Å²) in [5.74, 6) is -0.355. The second kappa shape index (κ2) is 5.99. The zero-order valence-corrected chi connectivity index (χ0v) is 11.8. The molecule has 21 heavy (non-hydrogen) atoms. The van der Waals surface area contributed by atoms with Gasteiger partial charge in [0.25, 0.3) is 5.91 Å². The molecule has 0 bridgehead atoms. The molecule has 2 saturated heterocycles. The summed E-state index contributed by atoms with van der Waals surface area (Å²) in [7, 11) is 0. The molecule has 0 saturated carbocycles. The van der Waals surface area contributed by atoms with Gasteiger partial charge in [0, 0.05) is 25.7 Å². The zero-order valence-electron chi connectivity index (χ0n) is 11.8. The highest BCUT2D eigenvalue weighted by Crippen LogP contribution is 2.12. The van der Waals surface area contributed by atoms with Gasteiger partial charge in [-0.15, -0.1) is 0 Å². The van der Waals surface area contributed by atoms with Crippen LogP contribution in [-0.4, -0.2) is 35.8 Å². The first-order valence-electron chi connectivity index (χ1n) is 7.34. The van der Waals surface area contributed by atoms with Crippen molar-refractivity contribution >= 4 is 11.8 Å². The van der Waals surface area contributed by atoms with Crippen molar-refractivity contribution in [1.29, 1.82) is 0 Å². The van der Waals surface area contributed by atoms with Crippen molar-refractivity contribution in [2.24, 2.45) is 0 Å². The maximum absolute atomic E-state index is 12.1. The molecular weight excluding hydrogens is 266 g/mol. The minimum absolute atomic E-state index is 0.149. The van der Waals surface area contributed by atoms with Crippen LogP contribution in [-0.2, 0) is 16.0 Å². The number of likely N-dealkylation sites (tertiary alicyclic amines) is 1. The van der Waals surface area contributed by atoms with Crippen LogP contribution in [0.3, 0.4) is 0 Å². The quantitative estimate of drug-likeness (QED) is 0.807. The monoisotopic (exact) mass is 285 g/mol. The molecule has 1 aromatic rings. The fraction of sp³-hybridized carbons (Fsp3) is 0.375. The zero-order chi connectivity index (χ0) is 14.7. The van der Waals surface area contributed by atoms with Crippen LogP contribution >= 0.6 is 0 Å². The Morgan fingerprint density at radius 3 is 2.57 bits per heavy atom. The molecule has 2 fully saturated rings. The number of benzene rings is 1. The molecular formula is C16H19N3O2. The second-order valence-corrected chi connectivity index (χ2v) is 5.49. The van der Waals surface area contributed by atoms with Gasteiger partial charge in [-0.1, -0.05) is 30.3 Å². The summed E-state index contributed by atoms with van der Waals surface area (Å²) in [4.78, 5) is 26.3. The van der Waals surface area contributed by atoms with Gasteiger partial charge in [-0.2, -0.15) is 0 Å². The molecule has 1 atom stereocenters. The SMILES string of the molecule is O=C1N[C@@H](Cc2ccccc2)C(=O)N/C1=C/N1CCCC1. The van der Waals surface area contributed by atoms with Crippen molar-refractivity contribution in [3.63, 3.8) is 0 Å². The Kier molecular flexibility index (Phi) is 3.90. The summed E-state index contributed by atoms with van der Waals surface area (Å²) in [5.41, 5.74) is 1.39. The van der Waals surface area contributed by atoms with Crippen LogP contribution in [0.4, 0.5) is 0 Å². The van der Waals surface area contributed by atoms with E-state index in [0.29, 0.717) is 12.1 Å². The van der Waals surface area contributed by atoms with Crippen LogP contribution in [0.2, 0.25) is 0 Å². The number of amides is 2. The Morgan fingerprint density at radius 2 is 1.86 bits per heavy atom. The highest BCUT2D eigenvalue weighted by Gasteiger charge is 2.30. The molecule has 110 valence electrons. The molecule has 5 heteroatoms. The van der Waals surface area contributed by atoms with Crippen molar-refractivity contribution in [2.75, 3.05) is 13.1 Å². The first-order valence-corrected chi connectivity index (χ1v) is 7.34. The molecule has 3 rings (SSSR count). The van der Waals surface area contributed by atoms with Gasteiger partial charge in [0.2, 0.25) is 5.91 Å². The molecule has 2 N–H and O–H groups in total. The largest absolute Gasteiger partial charge is 0.376 e. The third-order valence-electron chi connectivity index (χ3n) is 3.86. The van der Waals surface area contributed by atoms with Crippen molar-refractivity contribution in [1.82, 2.24) is 15.5 Å². The van der Waals surface area contributed by atoms with E-state index in [9.17, 15) is 9.59 Å². The summed E-state index contributed by atoms with van der Waals surface area (Å²) in [6, 6.07) is 9.19. The van der Waals surface area contributed by atoms with Crippen molar-refractivity contribution < 1.29 is 9.59 Å². The Balaban J connectivity index is 1.66. The van der Waals surface area contributed by atoms with E-state index >= 15 is 0 Å².